The molecule has 1 fully saturated rings. The zero-order valence-corrected chi connectivity index (χ0v) is 16.0. The maximum atomic E-state index is 12.3. The van der Waals surface area contributed by atoms with Crippen LogP contribution in [0.5, 0.6) is 0 Å². The van der Waals surface area contributed by atoms with Crippen LogP contribution in [0.3, 0.4) is 0 Å². The third-order valence-electron chi connectivity index (χ3n) is 5.05. The van der Waals surface area contributed by atoms with Crippen LogP contribution in [0.15, 0.2) is 47.1 Å². The third-order valence-corrected chi connectivity index (χ3v) is 5.05. The molecule has 1 unspecified atom stereocenters. The van der Waals surface area contributed by atoms with Crippen LogP contribution in [0.2, 0.25) is 0 Å². The van der Waals surface area contributed by atoms with Gasteiger partial charge in [-0.2, -0.15) is 0 Å². The van der Waals surface area contributed by atoms with Crippen molar-refractivity contribution >= 4 is 22.8 Å². The Morgan fingerprint density at radius 3 is 3.04 bits per heavy atom. The predicted octanol–water partition coefficient (Wildman–Crippen LogP) is 3.25. The Morgan fingerprint density at radius 1 is 1.29 bits per heavy atom. The fourth-order valence-electron chi connectivity index (χ4n) is 3.58. The van der Waals surface area contributed by atoms with Crippen LogP contribution >= 0.6 is 0 Å². The molecule has 28 heavy (non-hydrogen) atoms. The van der Waals surface area contributed by atoms with Crippen LogP contribution in [0.4, 0.5) is 10.6 Å². The van der Waals surface area contributed by atoms with Crippen LogP contribution in [0.25, 0.3) is 11.0 Å². The van der Waals surface area contributed by atoms with Gasteiger partial charge in [-0.3, -0.25) is 0 Å². The number of benzene rings is 1. The topological polar surface area (TPSA) is 83.3 Å². The highest BCUT2D eigenvalue weighted by molar-refractivity contribution is 5.78. The first-order valence-electron chi connectivity index (χ1n) is 9.79. The van der Waals surface area contributed by atoms with Crippen molar-refractivity contribution in [1.82, 2.24) is 20.6 Å². The minimum absolute atomic E-state index is 0.0875. The first-order valence-corrected chi connectivity index (χ1v) is 9.79. The highest BCUT2D eigenvalue weighted by Crippen LogP contribution is 2.19. The van der Waals surface area contributed by atoms with Crippen LogP contribution < -0.4 is 15.5 Å². The lowest BCUT2D eigenvalue weighted by Gasteiger charge is -2.34. The van der Waals surface area contributed by atoms with Gasteiger partial charge in [0.05, 0.1) is 6.54 Å². The minimum Gasteiger partial charge on any atom is -0.459 e. The van der Waals surface area contributed by atoms with Crippen molar-refractivity contribution in [2.24, 2.45) is 0 Å². The summed E-state index contributed by atoms with van der Waals surface area (Å²) < 4.78 is 5.74. The van der Waals surface area contributed by atoms with Crippen molar-refractivity contribution in [3.05, 3.63) is 54.2 Å². The van der Waals surface area contributed by atoms with Crippen LogP contribution in [-0.2, 0) is 13.0 Å². The molecule has 3 aromatic rings. The summed E-state index contributed by atoms with van der Waals surface area (Å²) in [6.45, 7) is 4.14. The van der Waals surface area contributed by atoms with E-state index in [9.17, 15) is 4.79 Å². The Morgan fingerprint density at radius 2 is 2.18 bits per heavy atom. The molecule has 0 aliphatic carbocycles. The molecule has 0 saturated carbocycles. The molecule has 2 amide bonds. The van der Waals surface area contributed by atoms with E-state index in [4.69, 9.17) is 4.42 Å². The molecular weight excluding hydrogens is 354 g/mol. The highest BCUT2D eigenvalue weighted by Gasteiger charge is 2.22. The van der Waals surface area contributed by atoms with Gasteiger partial charge in [-0.05, 0) is 31.4 Å². The number of hydrogen-bond acceptors (Lipinski definition) is 5. The lowest BCUT2D eigenvalue weighted by molar-refractivity contribution is 0.233. The molecule has 7 nitrogen and oxygen atoms in total. The number of amides is 2. The number of aryl methyl sites for hydroxylation is 1. The van der Waals surface area contributed by atoms with E-state index in [1.807, 2.05) is 36.4 Å². The van der Waals surface area contributed by atoms with Crippen molar-refractivity contribution < 1.29 is 9.21 Å². The molecule has 1 aromatic carbocycles. The number of nitrogens with zero attached hydrogens (tertiary/aromatic N) is 3. The van der Waals surface area contributed by atoms with E-state index in [1.165, 1.54) is 0 Å². The molecule has 1 aliphatic rings. The molecule has 0 spiro atoms. The molecule has 0 radical (unpaired) electrons. The number of anilines is 1. The maximum Gasteiger partial charge on any atom is 0.315 e. The molecule has 4 rings (SSSR count). The number of urea groups is 1. The molecule has 7 heteroatoms. The Bertz CT molecular complexity index is 922. The fourth-order valence-corrected chi connectivity index (χ4v) is 3.58. The van der Waals surface area contributed by atoms with E-state index in [-0.39, 0.29) is 12.1 Å². The first-order chi connectivity index (χ1) is 13.7. The van der Waals surface area contributed by atoms with Gasteiger partial charge in [0.2, 0.25) is 0 Å². The quantitative estimate of drug-likeness (QED) is 0.711. The Kier molecular flexibility index (Phi) is 5.41. The van der Waals surface area contributed by atoms with E-state index in [0.29, 0.717) is 6.54 Å². The normalized spacial score (nSPS) is 16.9. The summed E-state index contributed by atoms with van der Waals surface area (Å²) in [5.41, 5.74) is 1.86. The van der Waals surface area contributed by atoms with Crippen LogP contribution in [0, 0.1) is 0 Å². The van der Waals surface area contributed by atoms with Gasteiger partial charge in [0, 0.05) is 36.3 Å². The largest absolute Gasteiger partial charge is 0.459 e. The van der Waals surface area contributed by atoms with E-state index < -0.39 is 0 Å². The van der Waals surface area contributed by atoms with Gasteiger partial charge in [-0.1, -0.05) is 25.1 Å². The van der Waals surface area contributed by atoms with E-state index >= 15 is 0 Å². The van der Waals surface area contributed by atoms with Crippen molar-refractivity contribution in [3.8, 4) is 0 Å². The summed E-state index contributed by atoms with van der Waals surface area (Å²) in [4.78, 5) is 23.2. The van der Waals surface area contributed by atoms with E-state index in [0.717, 1.165) is 60.6 Å². The Balaban J connectivity index is 1.31. The minimum atomic E-state index is -0.177. The number of hydrogen-bond donors (Lipinski definition) is 2. The number of carbonyl (C=O) groups is 1. The number of carbonyl (C=O) groups excluding carboxylic acids is 1. The number of aromatic nitrogens is 2. The van der Waals surface area contributed by atoms with Gasteiger partial charge >= 0.3 is 6.03 Å². The molecule has 1 saturated heterocycles. The number of furan rings is 1. The second-order valence-corrected chi connectivity index (χ2v) is 7.08. The summed E-state index contributed by atoms with van der Waals surface area (Å²) in [6, 6.07) is 11.7. The molecule has 0 bridgehead atoms. The first kappa shape index (κ1) is 18.3. The molecule has 3 heterocycles. The number of para-hydroxylation sites is 1. The molecule has 2 N–H and O–H groups in total. The average Bonchev–Trinajstić information content (AvgIpc) is 3.15. The van der Waals surface area contributed by atoms with Gasteiger partial charge in [0.25, 0.3) is 0 Å². The van der Waals surface area contributed by atoms with Gasteiger partial charge in [-0.15, -0.1) is 0 Å². The Hall–Kier alpha value is -3.09. The number of piperidine rings is 1. The van der Waals surface area contributed by atoms with Crippen LogP contribution in [0.1, 0.15) is 31.2 Å². The number of rotatable bonds is 5. The summed E-state index contributed by atoms with van der Waals surface area (Å²) >= 11 is 0. The van der Waals surface area contributed by atoms with Gasteiger partial charge < -0.3 is 20.0 Å². The van der Waals surface area contributed by atoms with Crippen LogP contribution in [-0.4, -0.2) is 35.1 Å². The van der Waals surface area contributed by atoms with E-state index in [2.05, 4.69) is 32.4 Å². The predicted molar refractivity (Wildman–Crippen MR) is 108 cm³/mol. The lowest BCUT2D eigenvalue weighted by Crippen LogP contribution is -2.50. The second-order valence-electron chi connectivity index (χ2n) is 7.08. The Labute approximate surface area is 164 Å². The van der Waals surface area contributed by atoms with Gasteiger partial charge in [0.1, 0.15) is 23.5 Å². The van der Waals surface area contributed by atoms with Crippen molar-refractivity contribution in [2.45, 2.75) is 38.8 Å². The zero-order chi connectivity index (χ0) is 19.3. The monoisotopic (exact) mass is 379 g/mol. The highest BCUT2D eigenvalue weighted by atomic mass is 16.3. The maximum absolute atomic E-state index is 12.3. The standard InChI is InChI=1S/C21H25N5O2/c1-2-16-11-20(24-14-23-16)26-9-5-7-17(13-26)25-21(27)22-12-18-10-15-6-3-4-8-19(15)28-18/h3-4,6,8,10-11,14,17H,2,5,7,9,12-13H2,1H3,(H2,22,25,27). The SMILES string of the molecule is CCc1cc(N2CCCC(NC(=O)NCc3cc4ccccc4o3)C2)ncn1. The third kappa shape index (κ3) is 4.24. The molecule has 1 atom stereocenters. The summed E-state index contributed by atoms with van der Waals surface area (Å²) in [7, 11) is 0. The number of nitrogens with one attached hydrogen (secondary N) is 2. The molecule has 146 valence electrons. The van der Waals surface area contributed by atoms with Crippen molar-refractivity contribution in [2.75, 3.05) is 18.0 Å². The van der Waals surface area contributed by atoms with Gasteiger partial charge in [0.15, 0.2) is 0 Å². The zero-order valence-electron chi connectivity index (χ0n) is 16.0. The molecule has 1 aliphatic heterocycles. The van der Waals surface area contributed by atoms with E-state index in [1.54, 1.807) is 6.33 Å². The van der Waals surface area contributed by atoms with Crippen molar-refractivity contribution in [3.63, 3.8) is 0 Å². The fraction of sp³-hybridized carbons (Fsp3) is 0.381. The molecular formula is C21H25N5O2. The lowest BCUT2D eigenvalue weighted by atomic mass is 10.1. The summed E-state index contributed by atoms with van der Waals surface area (Å²) in [5, 5.41) is 7.01. The summed E-state index contributed by atoms with van der Waals surface area (Å²) in [6.07, 6.45) is 4.47. The van der Waals surface area contributed by atoms with Crippen molar-refractivity contribution in [1.29, 1.82) is 0 Å². The molecule has 2 aromatic heterocycles. The number of fused-ring (bicyclic) bond motifs is 1. The smallest absolute Gasteiger partial charge is 0.315 e. The summed E-state index contributed by atoms with van der Waals surface area (Å²) in [5.74, 6) is 1.68. The average molecular weight is 379 g/mol. The van der Waals surface area contributed by atoms with Gasteiger partial charge in [-0.25, -0.2) is 14.8 Å². The second kappa shape index (κ2) is 8.29.